The highest BCUT2D eigenvalue weighted by Gasteiger charge is 2.09. The van der Waals surface area contributed by atoms with Crippen LogP contribution in [-0.4, -0.2) is 20.6 Å². The van der Waals surface area contributed by atoms with Crippen LogP contribution in [0.4, 0.5) is 5.69 Å². The van der Waals surface area contributed by atoms with Crippen molar-refractivity contribution in [3.8, 4) is 5.75 Å². The first-order valence-electron chi connectivity index (χ1n) is 4.55. The number of aromatic nitrogens is 2. The summed E-state index contributed by atoms with van der Waals surface area (Å²) >= 11 is 1.04. The second kappa shape index (κ2) is 4.28. The summed E-state index contributed by atoms with van der Waals surface area (Å²) in [7, 11) is 0. The largest absolute Gasteiger partial charge is 0.508 e. The summed E-state index contributed by atoms with van der Waals surface area (Å²) in [5.41, 5.74) is 1.34. The summed E-state index contributed by atoms with van der Waals surface area (Å²) < 4.78 is 3.61. The molecule has 2 aromatic rings. The average Bonchev–Trinajstić information content (AvgIpc) is 2.77. The molecule has 82 valence electrons. The number of carbonyl (C=O) groups excluding carboxylic acids is 1. The lowest BCUT2D eigenvalue weighted by molar-refractivity contribution is 0.103. The Kier molecular flexibility index (Phi) is 2.82. The van der Waals surface area contributed by atoms with Crippen molar-refractivity contribution in [3.05, 3.63) is 34.8 Å². The molecular formula is C10H9N3O2S. The maximum atomic E-state index is 11.6. The third-order valence-electron chi connectivity index (χ3n) is 2.04. The summed E-state index contributed by atoms with van der Waals surface area (Å²) in [5.74, 6) is -0.0439. The molecule has 0 atom stereocenters. The van der Waals surface area contributed by atoms with E-state index in [0.717, 1.165) is 11.5 Å². The average molecular weight is 235 g/mol. The van der Waals surface area contributed by atoms with Gasteiger partial charge in [0.05, 0.1) is 6.20 Å². The Morgan fingerprint density at radius 3 is 2.94 bits per heavy atom. The van der Waals surface area contributed by atoms with Crippen LogP contribution in [0.5, 0.6) is 5.75 Å². The van der Waals surface area contributed by atoms with Gasteiger partial charge in [0.2, 0.25) is 0 Å². The van der Waals surface area contributed by atoms with Crippen molar-refractivity contribution >= 4 is 23.1 Å². The molecule has 0 aliphatic heterocycles. The number of nitrogens with one attached hydrogen (secondary N) is 1. The number of phenols is 1. The number of rotatable bonds is 2. The lowest BCUT2D eigenvalue weighted by Crippen LogP contribution is -2.10. The van der Waals surface area contributed by atoms with E-state index in [0.29, 0.717) is 16.1 Å². The Hall–Kier alpha value is -1.95. The molecule has 2 N–H and O–H groups in total. The SMILES string of the molecule is Cc1cc(NC(=O)c2cnns2)ccc1O. The van der Waals surface area contributed by atoms with E-state index in [-0.39, 0.29) is 11.7 Å². The van der Waals surface area contributed by atoms with E-state index >= 15 is 0 Å². The fourth-order valence-electron chi connectivity index (χ4n) is 1.19. The van der Waals surface area contributed by atoms with Gasteiger partial charge >= 0.3 is 0 Å². The number of nitrogens with zero attached hydrogens (tertiary/aromatic N) is 2. The summed E-state index contributed by atoms with van der Waals surface area (Å²) in [4.78, 5) is 12.1. The van der Waals surface area contributed by atoms with Crippen LogP contribution in [0.2, 0.25) is 0 Å². The third kappa shape index (κ3) is 2.17. The van der Waals surface area contributed by atoms with Crippen LogP contribution in [0.1, 0.15) is 15.2 Å². The van der Waals surface area contributed by atoms with Crippen molar-refractivity contribution in [3.63, 3.8) is 0 Å². The summed E-state index contributed by atoms with van der Waals surface area (Å²) in [6.07, 6.45) is 1.41. The molecule has 0 saturated carbocycles. The van der Waals surface area contributed by atoms with Gasteiger partial charge in [-0.1, -0.05) is 4.49 Å². The molecule has 1 aromatic carbocycles. The Morgan fingerprint density at radius 1 is 1.50 bits per heavy atom. The standard InChI is InChI=1S/C10H9N3O2S/c1-6-4-7(2-3-8(6)14)12-10(15)9-5-11-13-16-9/h2-5,14H,1H3,(H,12,15). The topological polar surface area (TPSA) is 75.1 Å². The van der Waals surface area contributed by atoms with Crippen LogP contribution in [0.25, 0.3) is 0 Å². The minimum atomic E-state index is -0.250. The van der Waals surface area contributed by atoms with E-state index in [1.165, 1.54) is 12.3 Å². The lowest BCUT2D eigenvalue weighted by Gasteiger charge is -2.05. The van der Waals surface area contributed by atoms with Crippen molar-refractivity contribution < 1.29 is 9.90 Å². The molecule has 0 bridgehead atoms. The molecule has 0 fully saturated rings. The van der Waals surface area contributed by atoms with E-state index in [4.69, 9.17) is 0 Å². The first kappa shape index (κ1) is 10.6. The number of phenolic OH excluding ortho intramolecular Hbond substituents is 1. The molecule has 0 radical (unpaired) electrons. The third-order valence-corrected chi connectivity index (χ3v) is 2.70. The van der Waals surface area contributed by atoms with Crippen molar-refractivity contribution in [1.82, 2.24) is 9.59 Å². The molecule has 0 unspecified atom stereocenters. The Labute approximate surface area is 95.9 Å². The highest BCUT2D eigenvalue weighted by Crippen LogP contribution is 2.20. The maximum absolute atomic E-state index is 11.6. The van der Waals surface area contributed by atoms with Crippen LogP contribution in [-0.2, 0) is 0 Å². The van der Waals surface area contributed by atoms with Crippen LogP contribution in [0.3, 0.4) is 0 Å². The van der Waals surface area contributed by atoms with Crippen LogP contribution in [0.15, 0.2) is 24.4 Å². The molecule has 1 aromatic heterocycles. The van der Waals surface area contributed by atoms with Gasteiger partial charge in [0.25, 0.3) is 5.91 Å². The van der Waals surface area contributed by atoms with Crippen LogP contribution < -0.4 is 5.32 Å². The van der Waals surface area contributed by atoms with Gasteiger partial charge in [-0.3, -0.25) is 4.79 Å². The molecule has 5 nitrogen and oxygen atoms in total. The predicted octanol–water partition coefficient (Wildman–Crippen LogP) is 1.80. The Morgan fingerprint density at radius 2 is 2.31 bits per heavy atom. The molecule has 0 aliphatic carbocycles. The molecule has 0 saturated heterocycles. The predicted molar refractivity (Wildman–Crippen MR) is 60.7 cm³/mol. The van der Waals surface area contributed by atoms with E-state index in [1.54, 1.807) is 19.1 Å². The minimum absolute atomic E-state index is 0.206. The monoisotopic (exact) mass is 235 g/mol. The van der Waals surface area contributed by atoms with Crippen molar-refractivity contribution in [2.24, 2.45) is 0 Å². The van der Waals surface area contributed by atoms with Crippen LogP contribution >= 0.6 is 11.5 Å². The number of hydrogen-bond acceptors (Lipinski definition) is 5. The fourth-order valence-corrected chi connectivity index (χ4v) is 1.60. The van der Waals surface area contributed by atoms with E-state index < -0.39 is 0 Å². The van der Waals surface area contributed by atoms with Gasteiger partial charge in [-0.25, -0.2) is 0 Å². The minimum Gasteiger partial charge on any atom is -0.508 e. The van der Waals surface area contributed by atoms with Gasteiger partial charge in [0.1, 0.15) is 10.6 Å². The van der Waals surface area contributed by atoms with Gasteiger partial charge in [0, 0.05) is 5.69 Å². The highest BCUT2D eigenvalue weighted by atomic mass is 32.1. The lowest BCUT2D eigenvalue weighted by atomic mass is 10.2. The van der Waals surface area contributed by atoms with Gasteiger partial charge in [-0.15, -0.1) is 5.10 Å². The summed E-state index contributed by atoms with van der Waals surface area (Å²) in [5, 5.41) is 15.6. The fraction of sp³-hybridized carbons (Fsp3) is 0.100. The van der Waals surface area contributed by atoms with Gasteiger partial charge in [-0.05, 0) is 42.2 Å². The van der Waals surface area contributed by atoms with E-state index in [1.807, 2.05) is 0 Å². The number of aryl methyl sites for hydroxylation is 1. The number of aromatic hydroxyl groups is 1. The number of carbonyl (C=O) groups is 1. The summed E-state index contributed by atoms with van der Waals surface area (Å²) in [6.45, 7) is 1.76. The number of hydrogen-bond donors (Lipinski definition) is 2. The number of benzene rings is 1. The smallest absolute Gasteiger partial charge is 0.269 e. The maximum Gasteiger partial charge on any atom is 0.269 e. The zero-order valence-electron chi connectivity index (χ0n) is 8.47. The van der Waals surface area contributed by atoms with Gasteiger partial charge in [0.15, 0.2) is 0 Å². The number of anilines is 1. The molecular weight excluding hydrogens is 226 g/mol. The molecule has 1 heterocycles. The second-order valence-electron chi connectivity index (χ2n) is 3.24. The molecule has 6 heteroatoms. The molecule has 16 heavy (non-hydrogen) atoms. The van der Waals surface area contributed by atoms with Gasteiger partial charge in [-0.2, -0.15) is 0 Å². The molecule has 1 amide bonds. The van der Waals surface area contributed by atoms with Crippen molar-refractivity contribution in [2.75, 3.05) is 5.32 Å². The van der Waals surface area contributed by atoms with E-state index in [2.05, 4.69) is 14.9 Å². The molecule has 0 spiro atoms. The summed E-state index contributed by atoms with van der Waals surface area (Å²) in [6, 6.07) is 4.87. The first-order valence-corrected chi connectivity index (χ1v) is 5.32. The van der Waals surface area contributed by atoms with Crippen molar-refractivity contribution in [1.29, 1.82) is 0 Å². The van der Waals surface area contributed by atoms with Gasteiger partial charge < -0.3 is 10.4 Å². The quantitative estimate of drug-likeness (QED) is 0.778. The zero-order chi connectivity index (χ0) is 11.5. The highest BCUT2D eigenvalue weighted by molar-refractivity contribution is 7.07. The Balaban J connectivity index is 2.15. The Bertz CT molecular complexity index is 511. The normalized spacial score (nSPS) is 10.1. The zero-order valence-corrected chi connectivity index (χ0v) is 9.28. The van der Waals surface area contributed by atoms with E-state index in [9.17, 15) is 9.90 Å². The first-order chi connectivity index (χ1) is 7.66. The molecule has 2 rings (SSSR count). The molecule has 0 aliphatic rings. The second-order valence-corrected chi connectivity index (χ2v) is 4.02. The van der Waals surface area contributed by atoms with Crippen LogP contribution in [0, 0.1) is 6.92 Å². The van der Waals surface area contributed by atoms with Crippen molar-refractivity contribution in [2.45, 2.75) is 6.92 Å². The number of amides is 1.